The lowest BCUT2D eigenvalue weighted by molar-refractivity contribution is -0.128. The fraction of sp³-hybridized carbons (Fsp3) is 0.333. The molecule has 5 nitrogen and oxygen atoms in total. The van der Waals surface area contributed by atoms with E-state index in [0.29, 0.717) is 19.5 Å². The Bertz CT molecular complexity index is 1070. The molecule has 1 atom stereocenters. The predicted octanol–water partition coefficient (Wildman–Crippen LogP) is 3.54. The molecule has 2 aliphatic heterocycles. The molecule has 0 saturated carbocycles. The number of amides is 2. The van der Waals surface area contributed by atoms with Crippen molar-refractivity contribution in [3.63, 3.8) is 0 Å². The van der Waals surface area contributed by atoms with Gasteiger partial charge in [0.05, 0.1) is 5.92 Å². The number of para-hydroxylation sites is 2. The highest BCUT2D eigenvalue weighted by atomic mass is 16.2. The van der Waals surface area contributed by atoms with Gasteiger partial charge in [0, 0.05) is 48.8 Å². The lowest BCUT2D eigenvalue weighted by atomic mass is 9.99. The molecule has 2 amide bonds. The maximum Gasteiger partial charge on any atom is 0.232 e. The van der Waals surface area contributed by atoms with Crippen LogP contribution in [-0.2, 0) is 22.4 Å². The van der Waals surface area contributed by atoms with Gasteiger partial charge in [-0.1, -0.05) is 36.4 Å². The van der Waals surface area contributed by atoms with Gasteiger partial charge < -0.3 is 14.8 Å². The molecular weight excluding hydrogens is 362 g/mol. The molecule has 29 heavy (non-hydrogen) atoms. The van der Waals surface area contributed by atoms with Gasteiger partial charge in [-0.2, -0.15) is 0 Å². The Kier molecular flexibility index (Phi) is 4.58. The number of H-pyrrole nitrogens is 1. The molecule has 3 heterocycles. The molecule has 148 valence electrons. The van der Waals surface area contributed by atoms with Crippen LogP contribution in [0.5, 0.6) is 0 Å². The highest BCUT2D eigenvalue weighted by Crippen LogP contribution is 2.30. The van der Waals surface area contributed by atoms with Gasteiger partial charge in [-0.3, -0.25) is 9.59 Å². The second-order valence-corrected chi connectivity index (χ2v) is 8.07. The Morgan fingerprint density at radius 1 is 1.10 bits per heavy atom. The number of benzene rings is 2. The van der Waals surface area contributed by atoms with E-state index in [1.165, 1.54) is 16.5 Å². The van der Waals surface area contributed by atoms with Crippen molar-refractivity contribution in [2.24, 2.45) is 5.92 Å². The first-order valence-corrected chi connectivity index (χ1v) is 10.4. The van der Waals surface area contributed by atoms with E-state index in [0.717, 1.165) is 37.0 Å². The molecule has 2 aliphatic rings. The van der Waals surface area contributed by atoms with Gasteiger partial charge in [-0.15, -0.1) is 0 Å². The quantitative estimate of drug-likeness (QED) is 0.744. The summed E-state index contributed by atoms with van der Waals surface area (Å²) in [7, 11) is 0. The van der Waals surface area contributed by atoms with Crippen molar-refractivity contribution in [2.75, 3.05) is 24.5 Å². The molecule has 1 aromatic heterocycles. The van der Waals surface area contributed by atoms with Crippen LogP contribution in [0.2, 0.25) is 0 Å². The number of hydrogen-bond donors (Lipinski definition) is 1. The third kappa shape index (κ3) is 3.31. The second kappa shape index (κ2) is 7.39. The Morgan fingerprint density at radius 3 is 2.86 bits per heavy atom. The van der Waals surface area contributed by atoms with Gasteiger partial charge in [0.2, 0.25) is 11.8 Å². The van der Waals surface area contributed by atoms with Crippen LogP contribution in [0.1, 0.15) is 24.0 Å². The summed E-state index contributed by atoms with van der Waals surface area (Å²) in [5.74, 6) is -0.0507. The predicted molar refractivity (Wildman–Crippen MR) is 114 cm³/mol. The van der Waals surface area contributed by atoms with E-state index in [1.807, 2.05) is 46.3 Å². The van der Waals surface area contributed by atoms with E-state index in [4.69, 9.17) is 0 Å². The summed E-state index contributed by atoms with van der Waals surface area (Å²) in [4.78, 5) is 32.8. The summed E-state index contributed by atoms with van der Waals surface area (Å²) >= 11 is 0. The van der Waals surface area contributed by atoms with Crippen LogP contribution in [0.4, 0.5) is 5.69 Å². The van der Waals surface area contributed by atoms with E-state index in [2.05, 4.69) is 23.2 Å². The number of fused-ring (bicyclic) bond motifs is 2. The second-order valence-electron chi connectivity index (χ2n) is 8.07. The standard InChI is InChI=1S/C24H25N3O2/c28-23-14-19(24(29)27-12-5-7-17-6-1-4-10-22(17)27)16-26(23)13-11-18-15-25-21-9-3-2-8-20(18)21/h1-4,6,8-10,15,19,25H,5,7,11-14,16H2. The average molecular weight is 387 g/mol. The minimum atomic E-state index is -0.239. The number of aryl methyl sites for hydroxylation is 1. The number of likely N-dealkylation sites (tertiary alicyclic amines) is 1. The Morgan fingerprint density at radius 2 is 1.93 bits per heavy atom. The van der Waals surface area contributed by atoms with Crippen molar-refractivity contribution in [2.45, 2.75) is 25.7 Å². The number of rotatable bonds is 4. The van der Waals surface area contributed by atoms with E-state index in [-0.39, 0.29) is 17.7 Å². The number of hydrogen-bond acceptors (Lipinski definition) is 2. The summed E-state index contributed by atoms with van der Waals surface area (Å²) in [6.45, 7) is 1.93. The van der Waals surface area contributed by atoms with Crippen molar-refractivity contribution in [1.82, 2.24) is 9.88 Å². The first kappa shape index (κ1) is 18.0. The summed E-state index contributed by atoms with van der Waals surface area (Å²) in [6.07, 6.45) is 5.14. The summed E-state index contributed by atoms with van der Waals surface area (Å²) in [6, 6.07) is 16.3. The number of nitrogens with one attached hydrogen (secondary N) is 1. The molecule has 0 radical (unpaired) electrons. The Hall–Kier alpha value is -3.08. The van der Waals surface area contributed by atoms with Crippen molar-refractivity contribution in [3.8, 4) is 0 Å². The summed E-state index contributed by atoms with van der Waals surface area (Å²) in [5, 5.41) is 1.21. The van der Waals surface area contributed by atoms with E-state index < -0.39 is 0 Å². The monoisotopic (exact) mass is 387 g/mol. The summed E-state index contributed by atoms with van der Waals surface area (Å²) < 4.78 is 0. The van der Waals surface area contributed by atoms with Crippen LogP contribution in [0.3, 0.4) is 0 Å². The number of carbonyl (C=O) groups is 2. The highest BCUT2D eigenvalue weighted by Gasteiger charge is 2.37. The zero-order chi connectivity index (χ0) is 19.8. The molecule has 5 rings (SSSR count). The van der Waals surface area contributed by atoms with Crippen LogP contribution in [-0.4, -0.2) is 41.3 Å². The van der Waals surface area contributed by atoms with Crippen LogP contribution in [0.25, 0.3) is 10.9 Å². The fourth-order valence-electron chi connectivity index (χ4n) is 4.73. The molecule has 0 spiro atoms. The molecule has 2 aromatic carbocycles. The van der Waals surface area contributed by atoms with Gasteiger partial charge in [0.15, 0.2) is 0 Å². The number of carbonyl (C=O) groups excluding carboxylic acids is 2. The van der Waals surface area contributed by atoms with Crippen molar-refractivity contribution >= 4 is 28.4 Å². The topological polar surface area (TPSA) is 56.4 Å². The van der Waals surface area contributed by atoms with E-state index in [1.54, 1.807) is 0 Å². The molecule has 1 unspecified atom stereocenters. The van der Waals surface area contributed by atoms with Crippen LogP contribution in [0.15, 0.2) is 54.7 Å². The molecular formula is C24H25N3O2. The largest absolute Gasteiger partial charge is 0.361 e. The van der Waals surface area contributed by atoms with E-state index >= 15 is 0 Å². The highest BCUT2D eigenvalue weighted by molar-refractivity contribution is 5.99. The molecule has 1 saturated heterocycles. The van der Waals surface area contributed by atoms with Crippen LogP contribution < -0.4 is 4.90 Å². The van der Waals surface area contributed by atoms with Crippen LogP contribution >= 0.6 is 0 Å². The fourth-order valence-corrected chi connectivity index (χ4v) is 4.73. The smallest absolute Gasteiger partial charge is 0.232 e. The minimum absolute atomic E-state index is 0.0912. The van der Waals surface area contributed by atoms with Gasteiger partial charge in [-0.05, 0) is 42.5 Å². The molecule has 1 N–H and O–H groups in total. The normalized spacial score (nSPS) is 19.0. The van der Waals surface area contributed by atoms with Gasteiger partial charge >= 0.3 is 0 Å². The lowest BCUT2D eigenvalue weighted by Crippen LogP contribution is -2.40. The average Bonchev–Trinajstić information content (AvgIpc) is 3.34. The minimum Gasteiger partial charge on any atom is -0.361 e. The third-order valence-corrected chi connectivity index (χ3v) is 6.27. The maximum atomic E-state index is 13.2. The number of nitrogens with zero attached hydrogens (tertiary/aromatic N) is 2. The lowest BCUT2D eigenvalue weighted by Gasteiger charge is -2.31. The van der Waals surface area contributed by atoms with Gasteiger partial charge in [-0.25, -0.2) is 0 Å². The summed E-state index contributed by atoms with van der Waals surface area (Å²) in [5.41, 5.74) is 4.58. The zero-order valence-electron chi connectivity index (χ0n) is 16.4. The Balaban J connectivity index is 1.26. The Labute approximate surface area is 170 Å². The zero-order valence-corrected chi connectivity index (χ0v) is 16.4. The number of anilines is 1. The number of aromatic amines is 1. The van der Waals surface area contributed by atoms with E-state index in [9.17, 15) is 9.59 Å². The van der Waals surface area contributed by atoms with Crippen molar-refractivity contribution in [1.29, 1.82) is 0 Å². The van der Waals surface area contributed by atoms with Crippen molar-refractivity contribution < 1.29 is 9.59 Å². The SMILES string of the molecule is O=C1CC(C(=O)N2CCCc3ccccc32)CN1CCc1c[nH]c2ccccc12. The molecule has 0 aliphatic carbocycles. The first-order valence-electron chi connectivity index (χ1n) is 10.4. The first-order chi connectivity index (χ1) is 14.2. The van der Waals surface area contributed by atoms with Gasteiger partial charge in [0.1, 0.15) is 0 Å². The number of aromatic nitrogens is 1. The maximum absolute atomic E-state index is 13.2. The third-order valence-electron chi connectivity index (χ3n) is 6.27. The molecule has 0 bridgehead atoms. The van der Waals surface area contributed by atoms with Crippen LogP contribution in [0, 0.1) is 5.92 Å². The molecule has 3 aromatic rings. The van der Waals surface area contributed by atoms with Crippen molar-refractivity contribution in [3.05, 3.63) is 65.9 Å². The molecule has 1 fully saturated rings. The molecule has 5 heteroatoms. The van der Waals surface area contributed by atoms with Gasteiger partial charge in [0.25, 0.3) is 0 Å².